The van der Waals surface area contributed by atoms with Crippen molar-refractivity contribution >= 4 is 35.1 Å². The molecular formula is C13H28N2O2SSi3. The zero-order chi connectivity index (χ0) is 16.5. The fourth-order valence-electron chi connectivity index (χ4n) is 1.43. The smallest absolute Gasteiger partial charge is 0.305 e. The second-order valence-corrected chi connectivity index (χ2v) is 26.0. The summed E-state index contributed by atoms with van der Waals surface area (Å²) < 4.78 is 12.1. The van der Waals surface area contributed by atoms with Gasteiger partial charge < -0.3 is 8.85 Å². The molecule has 0 N–H and O–H groups in total. The normalized spacial score (nSPS) is 13.2. The Hall–Kier alpha value is -0.319. The molecule has 0 radical (unpaired) electrons. The Bertz CT molecular complexity index is 494. The average Bonchev–Trinajstić information content (AvgIpc) is 2.15. The summed E-state index contributed by atoms with van der Waals surface area (Å²) in [4.78, 5) is 9.96. The minimum absolute atomic E-state index is 0.447. The molecule has 0 amide bonds. The van der Waals surface area contributed by atoms with Crippen LogP contribution in [0.1, 0.15) is 0 Å². The van der Waals surface area contributed by atoms with E-state index in [0.717, 1.165) is 4.90 Å². The zero-order valence-electron chi connectivity index (χ0n) is 14.7. The first-order chi connectivity index (χ1) is 9.25. The summed E-state index contributed by atoms with van der Waals surface area (Å²) in [6.45, 7) is 19.8. The third kappa shape index (κ3) is 8.03. The molecule has 0 bridgehead atoms. The van der Waals surface area contributed by atoms with Crippen LogP contribution in [-0.2, 0) is 0 Å². The molecule has 0 unspecified atom stereocenters. The largest absolute Gasteiger partial charge is 0.531 e. The summed E-state index contributed by atoms with van der Waals surface area (Å²) in [6.07, 6.45) is 1.86. The molecule has 0 fully saturated rings. The number of aromatic nitrogens is 2. The third-order valence-corrected chi connectivity index (χ3v) is 7.13. The quantitative estimate of drug-likeness (QED) is 0.680. The van der Waals surface area contributed by atoms with Crippen molar-refractivity contribution in [2.75, 3.05) is 0 Å². The van der Waals surface area contributed by atoms with E-state index in [1.54, 1.807) is 0 Å². The molecule has 0 saturated heterocycles. The lowest BCUT2D eigenvalue weighted by Crippen LogP contribution is -2.32. The van der Waals surface area contributed by atoms with E-state index in [-0.39, 0.29) is 0 Å². The van der Waals surface area contributed by atoms with Gasteiger partial charge in [0.15, 0.2) is 0 Å². The molecular weight excluding hydrogens is 332 g/mol. The molecule has 0 aliphatic carbocycles. The number of rotatable bonds is 6. The Labute approximate surface area is 136 Å². The maximum Gasteiger partial charge on any atom is 0.305 e. The molecule has 120 valence electrons. The third-order valence-electron chi connectivity index (χ3n) is 1.92. The van der Waals surface area contributed by atoms with Crippen LogP contribution >= 0.6 is 11.2 Å². The van der Waals surface area contributed by atoms with Gasteiger partial charge in [0.05, 0.1) is 11.1 Å². The van der Waals surface area contributed by atoms with Gasteiger partial charge in [-0.05, 0) is 39.3 Å². The highest BCUT2D eigenvalue weighted by Crippen LogP contribution is 2.36. The summed E-state index contributed by atoms with van der Waals surface area (Å²) in [5.41, 5.74) is 0. The minimum atomic E-state index is -1.72. The first-order valence-corrected chi connectivity index (χ1v) is 19.1. The molecule has 1 aromatic rings. The van der Waals surface area contributed by atoms with E-state index in [0.29, 0.717) is 11.9 Å². The Balaban J connectivity index is 3.14. The van der Waals surface area contributed by atoms with Gasteiger partial charge in [0.2, 0.25) is 22.5 Å². The number of nitrogens with zero attached hydrogens (tertiary/aromatic N) is 2. The van der Waals surface area contributed by atoms with Crippen LogP contribution in [0.25, 0.3) is 0 Å². The Morgan fingerprint density at radius 2 is 1.38 bits per heavy atom. The van der Waals surface area contributed by atoms with Gasteiger partial charge in [0, 0.05) is 0 Å². The lowest BCUT2D eigenvalue weighted by atomic mass is 10.6. The number of hydrogen-bond acceptors (Lipinski definition) is 5. The molecule has 4 nitrogen and oxygen atoms in total. The van der Waals surface area contributed by atoms with Crippen molar-refractivity contribution in [3.8, 4) is 11.9 Å². The molecule has 8 heteroatoms. The van der Waals surface area contributed by atoms with E-state index in [4.69, 9.17) is 8.85 Å². The van der Waals surface area contributed by atoms with Gasteiger partial charge in [-0.25, -0.2) is 4.98 Å². The Kier molecular flexibility index (Phi) is 5.74. The van der Waals surface area contributed by atoms with E-state index in [9.17, 15) is 0 Å². The molecule has 0 aliphatic heterocycles. The van der Waals surface area contributed by atoms with Gasteiger partial charge in [-0.15, -0.1) is 11.2 Å². The summed E-state index contributed by atoms with van der Waals surface area (Å²) in [5.74, 6) is 0.699. The highest BCUT2D eigenvalue weighted by Gasteiger charge is 2.25. The second-order valence-electron chi connectivity index (χ2n) is 7.97. The summed E-state index contributed by atoms with van der Waals surface area (Å²) in [5, 5.41) is 0. The van der Waals surface area contributed by atoms with Crippen LogP contribution in [0.2, 0.25) is 58.9 Å². The van der Waals surface area contributed by atoms with Crippen molar-refractivity contribution in [3.63, 3.8) is 0 Å². The first-order valence-electron chi connectivity index (χ1n) is 7.19. The average molecular weight is 361 g/mol. The van der Waals surface area contributed by atoms with Crippen LogP contribution in [0.5, 0.6) is 11.9 Å². The van der Waals surface area contributed by atoms with E-state index in [1.165, 1.54) is 0 Å². The second kappa shape index (κ2) is 6.43. The van der Waals surface area contributed by atoms with Crippen molar-refractivity contribution in [3.05, 3.63) is 6.20 Å². The van der Waals surface area contributed by atoms with Crippen LogP contribution in [0.15, 0.2) is 11.1 Å². The maximum absolute atomic E-state index is 6.16. The maximum atomic E-state index is 6.16. The van der Waals surface area contributed by atoms with Crippen molar-refractivity contribution in [1.29, 1.82) is 0 Å². The predicted octanol–water partition coefficient (Wildman–Crippen LogP) is 4.83. The predicted molar refractivity (Wildman–Crippen MR) is 99.2 cm³/mol. The summed E-state index contributed by atoms with van der Waals surface area (Å²) >= 11 is 1.86. The van der Waals surface area contributed by atoms with E-state index in [1.807, 2.05) is 17.4 Å². The first kappa shape index (κ1) is 18.7. The van der Waals surface area contributed by atoms with Crippen LogP contribution in [0.3, 0.4) is 0 Å². The van der Waals surface area contributed by atoms with E-state index >= 15 is 0 Å². The van der Waals surface area contributed by atoms with Gasteiger partial charge in [-0.2, -0.15) is 4.98 Å². The Morgan fingerprint density at radius 3 is 1.81 bits per heavy atom. The zero-order valence-corrected chi connectivity index (χ0v) is 18.5. The van der Waals surface area contributed by atoms with Crippen LogP contribution in [0, 0.1) is 0 Å². The molecule has 1 heterocycles. The fourth-order valence-corrected chi connectivity index (χ4v) is 6.22. The lowest BCUT2D eigenvalue weighted by Gasteiger charge is -2.24. The molecule has 1 aromatic heterocycles. The summed E-state index contributed by atoms with van der Waals surface area (Å²) in [6, 6.07) is 0.447. The van der Waals surface area contributed by atoms with Gasteiger partial charge in [0.1, 0.15) is 7.22 Å². The van der Waals surface area contributed by atoms with Crippen molar-refractivity contribution in [2.45, 2.75) is 63.8 Å². The highest BCUT2D eigenvalue weighted by atomic mass is 32.4. The Morgan fingerprint density at radius 1 is 0.857 bits per heavy atom. The molecule has 0 spiro atoms. The van der Waals surface area contributed by atoms with E-state index < -0.39 is 23.9 Å². The molecule has 1 rings (SSSR count). The van der Waals surface area contributed by atoms with Gasteiger partial charge >= 0.3 is 6.01 Å². The van der Waals surface area contributed by atoms with Gasteiger partial charge in [-0.3, -0.25) is 0 Å². The monoisotopic (exact) mass is 360 g/mol. The summed E-state index contributed by atoms with van der Waals surface area (Å²) in [7, 11) is -4.76. The van der Waals surface area contributed by atoms with Crippen LogP contribution in [0.4, 0.5) is 0 Å². The van der Waals surface area contributed by atoms with Gasteiger partial charge in [0.25, 0.3) is 0 Å². The standard InChI is InChI=1S/C13H28N2O2SSi3/c1-19(2,3)16-12-11(18-21(7,8)9)10-14-13(15-12)17-20(4,5)6/h10H,1-9H3. The topological polar surface area (TPSA) is 44.2 Å². The minimum Gasteiger partial charge on any atom is -0.531 e. The van der Waals surface area contributed by atoms with Gasteiger partial charge in [-0.1, -0.05) is 19.6 Å². The molecule has 0 aromatic carbocycles. The highest BCUT2D eigenvalue weighted by molar-refractivity contribution is 8.28. The van der Waals surface area contributed by atoms with Crippen LogP contribution in [-0.4, -0.2) is 33.8 Å². The van der Waals surface area contributed by atoms with Crippen LogP contribution < -0.4 is 8.85 Å². The lowest BCUT2D eigenvalue weighted by molar-refractivity contribution is 0.466. The van der Waals surface area contributed by atoms with E-state index in [2.05, 4.69) is 68.9 Å². The van der Waals surface area contributed by atoms with Crippen molar-refractivity contribution in [2.24, 2.45) is 0 Å². The molecule has 21 heavy (non-hydrogen) atoms. The molecule has 0 saturated carbocycles. The molecule has 0 aliphatic rings. The fraction of sp³-hybridized carbons (Fsp3) is 0.692. The van der Waals surface area contributed by atoms with Crippen molar-refractivity contribution < 1.29 is 8.85 Å². The molecule has 0 atom stereocenters. The SMILES string of the molecule is C[Si](C)(C)Oc1ncc(S[Si](C)(C)C)c(O[Si](C)(C)C)n1. The number of hydrogen-bond donors (Lipinski definition) is 0. The van der Waals surface area contributed by atoms with Crippen molar-refractivity contribution in [1.82, 2.24) is 9.97 Å².